The molecule has 1 aliphatic rings. The smallest absolute Gasteiger partial charge is 0.323 e. The predicted octanol–water partition coefficient (Wildman–Crippen LogP) is 0.905. The third kappa shape index (κ3) is 1.44. The highest BCUT2D eigenvalue weighted by Gasteiger charge is 2.71. The molecule has 0 heterocycles. The zero-order valence-electron chi connectivity index (χ0n) is 7.50. The van der Waals surface area contributed by atoms with Crippen molar-refractivity contribution in [3.05, 3.63) is 0 Å². The van der Waals surface area contributed by atoms with Gasteiger partial charge in [-0.15, -0.1) is 0 Å². The largest absolute Gasteiger partial charge is 0.480 e. The number of hydrogen-bond acceptors (Lipinski definition) is 3. The minimum absolute atomic E-state index is 0.0101. The summed E-state index contributed by atoms with van der Waals surface area (Å²) in [5, 5.41) is 8.69. The van der Waals surface area contributed by atoms with Crippen LogP contribution in [-0.4, -0.2) is 30.1 Å². The fourth-order valence-corrected chi connectivity index (χ4v) is 1.42. The quantitative estimate of drug-likeness (QED) is 0.550. The molecule has 80 valence electrons. The molecule has 1 unspecified atom stereocenters. The first-order valence-electron chi connectivity index (χ1n) is 4.15. The lowest BCUT2D eigenvalue weighted by molar-refractivity contribution is -0.162. The average Bonchev–Trinajstić information content (AvgIpc) is 2.79. The van der Waals surface area contributed by atoms with Crippen molar-refractivity contribution in [3.8, 4) is 0 Å². The van der Waals surface area contributed by atoms with E-state index < -0.39 is 29.7 Å². The lowest BCUT2D eigenvalue weighted by Gasteiger charge is -2.10. The van der Waals surface area contributed by atoms with Crippen LogP contribution >= 0.6 is 0 Å². The van der Waals surface area contributed by atoms with Crippen molar-refractivity contribution in [1.82, 2.24) is 0 Å². The number of carbonyl (C=O) groups is 2. The molecular formula is C8H10F2O4. The molecule has 0 aromatic rings. The van der Waals surface area contributed by atoms with Crippen molar-refractivity contribution in [1.29, 1.82) is 0 Å². The van der Waals surface area contributed by atoms with Crippen LogP contribution in [0.15, 0.2) is 0 Å². The Labute approximate surface area is 78.8 Å². The van der Waals surface area contributed by atoms with Gasteiger partial charge in [-0.1, -0.05) is 0 Å². The summed E-state index contributed by atoms with van der Waals surface area (Å²) in [5.74, 6) is -3.99. The highest BCUT2D eigenvalue weighted by molar-refractivity contribution is 6.03. The van der Waals surface area contributed by atoms with Gasteiger partial charge in [-0.25, -0.2) is 8.78 Å². The predicted molar refractivity (Wildman–Crippen MR) is 40.8 cm³/mol. The summed E-state index contributed by atoms with van der Waals surface area (Å²) >= 11 is 0. The second-order valence-electron chi connectivity index (χ2n) is 3.14. The maximum atomic E-state index is 12.2. The number of carbonyl (C=O) groups excluding carboxylic acids is 1. The van der Waals surface area contributed by atoms with E-state index in [1.165, 1.54) is 6.92 Å². The van der Waals surface area contributed by atoms with Crippen LogP contribution in [-0.2, 0) is 14.3 Å². The van der Waals surface area contributed by atoms with Gasteiger partial charge in [-0.3, -0.25) is 9.59 Å². The molecule has 0 radical (unpaired) electrons. The molecular weight excluding hydrogens is 198 g/mol. The number of ether oxygens (including phenoxy) is 1. The molecule has 1 N–H and O–H groups in total. The fraction of sp³-hybridized carbons (Fsp3) is 0.750. The van der Waals surface area contributed by atoms with Crippen LogP contribution in [0, 0.1) is 11.3 Å². The summed E-state index contributed by atoms with van der Waals surface area (Å²) < 4.78 is 28.9. The Hall–Kier alpha value is -1.20. The summed E-state index contributed by atoms with van der Waals surface area (Å²) in [4.78, 5) is 21.8. The van der Waals surface area contributed by atoms with Crippen molar-refractivity contribution in [2.24, 2.45) is 11.3 Å². The van der Waals surface area contributed by atoms with Gasteiger partial charge in [0.2, 0.25) is 6.43 Å². The van der Waals surface area contributed by atoms with Gasteiger partial charge < -0.3 is 9.84 Å². The van der Waals surface area contributed by atoms with Crippen LogP contribution in [0.1, 0.15) is 13.3 Å². The average molecular weight is 208 g/mol. The first-order valence-corrected chi connectivity index (χ1v) is 4.15. The van der Waals surface area contributed by atoms with Crippen molar-refractivity contribution < 1.29 is 28.2 Å². The van der Waals surface area contributed by atoms with E-state index in [-0.39, 0.29) is 13.0 Å². The van der Waals surface area contributed by atoms with Crippen LogP contribution in [0.4, 0.5) is 8.78 Å². The van der Waals surface area contributed by atoms with Gasteiger partial charge in [-0.05, 0) is 13.3 Å². The van der Waals surface area contributed by atoms with Gasteiger partial charge in [0.05, 0.1) is 6.61 Å². The molecule has 1 aliphatic carbocycles. The summed E-state index contributed by atoms with van der Waals surface area (Å²) in [6.07, 6.45) is -3.13. The Morgan fingerprint density at radius 3 is 2.50 bits per heavy atom. The Bertz CT molecular complexity index is 266. The van der Waals surface area contributed by atoms with Crippen molar-refractivity contribution >= 4 is 11.9 Å². The molecule has 0 aromatic carbocycles. The molecule has 0 saturated heterocycles. The van der Waals surface area contributed by atoms with Crippen LogP contribution < -0.4 is 0 Å². The molecule has 6 heteroatoms. The topological polar surface area (TPSA) is 63.6 Å². The van der Waals surface area contributed by atoms with Crippen molar-refractivity contribution in [3.63, 3.8) is 0 Å². The van der Waals surface area contributed by atoms with Crippen LogP contribution in [0.3, 0.4) is 0 Å². The molecule has 1 fully saturated rings. The summed E-state index contributed by atoms with van der Waals surface area (Å²) in [5.41, 5.74) is -2.00. The molecule has 0 aliphatic heterocycles. The van der Waals surface area contributed by atoms with Crippen LogP contribution in [0.5, 0.6) is 0 Å². The van der Waals surface area contributed by atoms with Gasteiger partial charge in [0.1, 0.15) is 0 Å². The van der Waals surface area contributed by atoms with Gasteiger partial charge in [0.15, 0.2) is 5.41 Å². The van der Waals surface area contributed by atoms with E-state index in [0.29, 0.717) is 0 Å². The molecule has 0 aromatic heterocycles. The van der Waals surface area contributed by atoms with E-state index in [0.717, 1.165) is 0 Å². The first kappa shape index (κ1) is 10.9. The fourth-order valence-electron chi connectivity index (χ4n) is 1.42. The number of alkyl halides is 2. The van der Waals surface area contributed by atoms with Gasteiger partial charge in [-0.2, -0.15) is 0 Å². The minimum Gasteiger partial charge on any atom is -0.480 e. The van der Waals surface area contributed by atoms with E-state index in [1.807, 2.05) is 0 Å². The SMILES string of the molecule is CCOC(=O)[C@]1(C(=O)O)CC1C(F)F. The highest BCUT2D eigenvalue weighted by Crippen LogP contribution is 2.56. The molecule has 4 nitrogen and oxygen atoms in total. The van der Waals surface area contributed by atoms with Crippen molar-refractivity contribution in [2.45, 2.75) is 19.8 Å². The van der Waals surface area contributed by atoms with E-state index in [4.69, 9.17) is 5.11 Å². The Morgan fingerprint density at radius 1 is 1.64 bits per heavy atom. The molecule has 14 heavy (non-hydrogen) atoms. The zero-order chi connectivity index (χ0) is 10.9. The number of hydrogen-bond donors (Lipinski definition) is 1. The summed E-state index contributed by atoms with van der Waals surface area (Å²) in [6, 6.07) is 0. The molecule has 1 saturated carbocycles. The van der Waals surface area contributed by atoms with Crippen molar-refractivity contribution in [2.75, 3.05) is 6.61 Å². The molecule has 1 rings (SSSR count). The normalized spacial score (nSPS) is 30.1. The van der Waals surface area contributed by atoms with E-state index in [9.17, 15) is 18.4 Å². The third-order valence-electron chi connectivity index (χ3n) is 2.34. The lowest BCUT2D eigenvalue weighted by Crippen LogP contribution is -2.31. The number of carboxylic acid groups (broad SMARTS) is 1. The number of esters is 1. The second kappa shape index (κ2) is 3.51. The number of aliphatic carboxylic acids is 1. The number of rotatable bonds is 4. The molecule has 0 spiro atoms. The standard InChI is InChI=1S/C8H10F2O4/c1-2-14-7(13)8(6(11)12)3-4(8)5(9)10/h4-5H,2-3H2,1H3,(H,11,12)/t4?,8-/m1/s1. The van der Waals surface area contributed by atoms with E-state index in [1.54, 1.807) is 0 Å². The summed E-state index contributed by atoms with van der Waals surface area (Å²) in [6.45, 7) is 1.48. The zero-order valence-corrected chi connectivity index (χ0v) is 7.50. The molecule has 0 bridgehead atoms. The summed E-state index contributed by atoms with van der Waals surface area (Å²) in [7, 11) is 0. The minimum atomic E-state index is -2.80. The monoisotopic (exact) mass is 208 g/mol. The molecule has 0 amide bonds. The Morgan fingerprint density at radius 2 is 2.21 bits per heavy atom. The Kier molecular flexibility index (Phi) is 2.73. The van der Waals surface area contributed by atoms with Gasteiger partial charge in [0, 0.05) is 5.92 Å². The maximum absolute atomic E-state index is 12.2. The number of halogens is 2. The van der Waals surface area contributed by atoms with Crippen LogP contribution in [0.2, 0.25) is 0 Å². The third-order valence-corrected chi connectivity index (χ3v) is 2.34. The first-order chi connectivity index (χ1) is 6.46. The van der Waals surface area contributed by atoms with E-state index in [2.05, 4.69) is 4.74 Å². The maximum Gasteiger partial charge on any atom is 0.323 e. The number of carboxylic acids is 1. The van der Waals surface area contributed by atoms with E-state index >= 15 is 0 Å². The molecule has 2 atom stereocenters. The van der Waals surface area contributed by atoms with Gasteiger partial charge in [0.25, 0.3) is 0 Å². The Balaban J connectivity index is 2.78. The van der Waals surface area contributed by atoms with Crippen LogP contribution in [0.25, 0.3) is 0 Å². The van der Waals surface area contributed by atoms with Gasteiger partial charge >= 0.3 is 11.9 Å². The highest BCUT2D eigenvalue weighted by atomic mass is 19.3. The lowest BCUT2D eigenvalue weighted by atomic mass is 10.1. The second-order valence-corrected chi connectivity index (χ2v) is 3.14.